The van der Waals surface area contributed by atoms with Crippen LogP contribution in [0.15, 0.2) is 24.5 Å². The molecule has 2 aromatic rings. The van der Waals surface area contributed by atoms with E-state index in [2.05, 4.69) is 47.0 Å². The maximum Gasteiger partial charge on any atom is 0.203 e. The predicted octanol–water partition coefficient (Wildman–Crippen LogP) is 3.76. The Kier molecular flexibility index (Phi) is 2.67. The van der Waals surface area contributed by atoms with Crippen LogP contribution in [-0.2, 0) is 0 Å². The zero-order chi connectivity index (χ0) is 11.8. The van der Waals surface area contributed by atoms with Crippen LogP contribution in [0.5, 0.6) is 0 Å². The summed E-state index contributed by atoms with van der Waals surface area (Å²) in [7, 11) is 0. The molecule has 4 heteroatoms. The minimum Gasteiger partial charge on any atom is -0.348 e. The van der Waals surface area contributed by atoms with Crippen LogP contribution in [-0.4, -0.2) is 9.55 Å². The first-order chi connectivity index (χ1) is 8.24. The van der Waals surface area contributed by atoms with Gasteiger partial charge in [0, 0.05) is 28.2 Å². The van der Waals surface area contributed by atoms with Crippen molar-refractivity contribution in [3.63, 3.8) is 0 Å². The number of thiophene rings is 1. The number of nitrogens with zero attached hydrogens (tertiary/aromatic N) is 2. The van der Waals surface area contributed by atoms with Crippen molar-refractivity contribution < 1.29 is 0 Å². The Balaban J connectivity index is 1.75. The molecule has 3 rings (SSSR count). The van der Waals surface area contributed by atoms with Gasteiger partial charge in [-0.25, -0.2) is 4.98 Å². The van der Waals surface area contributed by atoms with Gasteiger partial charge in [-0.1, -0.05) is 0 Å². The van der Waals surface area contributed by atoms with Gasteiger partial charge in [-0.2, -0.15) is 0 Å². The van der Waals surface area contributed by atoms with Gasteiger partial charge in [0.1, 0.15) is 0 Å². The summed E-state index contributed by atoms with van der Waals surface area (Å²) in [6, 6.07) is 5.37. The molecule has 1 unspecified atom stereocenters. The van der Waals surface area contributed by atoms with Crippen molar-refractivity contribution in [2.45, 2.75) is 38.8 Å². The summed E-state index contributed by atoms with van der Waals surface area (Å²) in [4.78, 5) is 7.13. The summed E-state index contributed by atoms with van der Waals surface area (Å²) < 4.78 is 2.26. The average molecular weight is 247 g/mol. The molecule has 0 aliphatic heterocycles. The van der Waals surface area contributed by atoms with Crippen molar-refractivity contribution in [3.05, 3.63) is 34.3 Å². The molecule has 90 valence electrons. The van der Waals surface area contributed by atoms with Crippen LogP contribution in [0.3, 0.4) is 0 Å². The third-order valence-corrected chi connectivity index (χ3v) is 4.33. The lowest BCUT2D eigenvalue weighted by atomic mass is 10.3. The summed E-state index contributed by atoms with van der Waals surface area (Å²) in [6.45, 7) is 4.34. The quantitative estimate of drug-likeness (QED) is 0.891. The van der Waals surface area contributed by atoms with E-state index in [1.54, 1.807) is 0 Å². The van der Waals surface area contributed by atoms with Crippen LogP contribution >= 0.6 is 11.3 Å². The van der Waals surface area contributed by atoms with Crippen molar-refractivity contribution in [3.8, 4) is 0 Å². The molecule has 1 aliphatic rings. The van der Waals surface area contributed by atoms with E-state index >= 15 is 0 Å². The van der Waals surface area contributed by atoms with Gasteiger partial charge in [0.2, 0.25) is 5.95 Å². The Bertz CT molecular complexity index is 510. The molecular formula is C13H17N3S. The van der Waals surface area contributed by atoms with Gasteiger partial charge in [0.15, 0.2) is 0 Å². The molecule has 2 aromatic heterocycles. The van der Waals surface area contributed by atoms with E-state index in [1.165, 1.54) is 22.6 Å². The monoisotopic (exact) mass is 247 g/mol. The third kappa shape index (κ3) is 2.22. The molecule has 1 aliphatic carbocycles. The summed E-state index contributed by atoms with van der Waals surface area (Å²) in [6.07, 6.45) is 6.54. The molecule has 1 saturated carbocycles. The molecule has 1 atom stereocenters. The third-order valence-electron chi connectivity index (χ3n) is 3.14. The number of imidazole rings is 1. The lowest BCUT2D eigenvalue weighted by molar-refractivity contribution is 0.729. The summed E-state index contributed by atoms with van der Waals surface area (Å²) in [5.41, 5.74) is 0. The number of rotatable bonds is 4. The van der Waals surface area contributed by atoms with Crippen LogP contribution in [0.4, 0.5) is 5.95 Å². The molecule has 17 heavy (non-hydrogen) atoms. The topological polar surface area (TPSA) is 29.9 Å². The predicted molar refractivity (Wildman–Crippen MR) is 71.6 cm³/mol. The highest BCUT2D eigenvalue weighted by molar-refractivity contribution is 7.12. The summed E-state index contributed by atoms with van der Waals surface area (Å²) >= 11 is 1.85. The minimum atomic E-state index is 0.327. The van der Waals surface area contributed by atoms with Gasteiger partial charge in [-0.05, 0) is 38.8 Å². The van der Waals surface area contributed by atoms with E-state index in [-0.39, 0.29) is 0 Å². The Morgan fingerprint density at radius 3 is 2.94 bits per heavy atom. The number of nitrogens with one attached hydrogen (secondary N) is 1. The molecular weight excluding hydrogens is 230 g/mol. The standard InChI is InChI=1S/C13H17N3S/c1-9-3-6-12(17-9)10(2)15-13-14-7-8-16(13)11-4-5-11/h3,6-8,10-11H,4-5H2,1-2H3,(H,14,15). The molecule has 1 fully saturated rings. The molecule has 0 spiro atoms. The highest BCUT2D eigenvalue weighted by atomic mass is 32.1. The van der Waals surface area contributed by atoms with Crippen LogP contribution < -0.4 is 5.32 Å². The second-order valence-corrected chi connectivity index (χ2v) is 6.02. The van der Waals surface area contributed by atoms with Gasteiger partial charge in [-0.15, -0.1) is 11.3 Å². The van der Waals surface area contributed by atoms with Crippen molar-refractivity contribution in [2.75, 3.05) is 5.32 Å². The van der Waals surface area contributed by atoms with Crippen molar-refractivity contribution >= 4 is 17.3 Å². The fraction of sp³-hybridized carbons (Fsp3) is 0.462. The highest BCUT2D eigenvalue weighted by Crippen LogP contribution is 2.37. The van der Waals surface area contributed by atoms with Crippen LogP contribution in [0.1, 0.15) is 41.6 Å². The number of hydrogen-bond donors (Lipinski definition) is 1. The second-order valence-electron chi connectivity index (χ2n) is 4.70. The van der Waals surface area contributed by atoms with Crippen LogP contribution in [0.25, 0.3) is 0 Å². The second kappa shape index (κ2) is 4.18. The SMILES string of the molecule is Cc1ccc(C(C)Nc2nccn2C2CC2)s1. The van der Waals surface area contributed by atoms with Crippen molar-refractivity contribution in [2.24, 2.45) is 0 Å². The Hall–Kier alpha value is -1.29. The maximum atomic E-state index is 4.41. The fourth-order valence-corrected chi connectivity index (χ4v) is 2.90. The smallest absolute Gasteiger partial charge is 0.203 e. The first-order valence-corrected chi connectivity index (χ1v) is 6.91. The molecule has 2 heterocycles. The molecule has 0 aromatic carbocycles. The van der Waals surface area contributed by atoms with Gasteiger partial charge >= 0.3 is 0 Å². The average Bonchev–Trinajstić information content (AvgIpc) is 2.89. The minimum absolute atomic E-state index is 0.327. The van der Waals surface area contributed by atoms with E-state index in [1.807, 2.05) is 17.5 Å². The highest BCUT2D eigenvalue weighted by Gasteiger charge is 2.25. The molecule has 3 nitrogen and oxygen atoms in total. The van der Waals surface area contributed by atoms with Gasteiger partial charge < -0.3 is 9.88 Å². The molecule has 0 radical (unpaired) electrons. The summed E-state index contributed by atoms with van der Waals surface area (Å²) in [5.74, 6) is 1.01. The van der Waals surface area contributed by atoms with E-state index in [0.717, 1.165) is 5.95 Å². The first kappa shape index (κ1) is 10.8. The Morgan fingerprint density at radius 2 is 2.29 bits per heavy atom. The van der Waals surface area contributed by atoms with Crippen molar-refractivity contribution in [1.82, 2.24) is 9.55 Å². The van der Waals surface area contributed by atoms with Crippen molar-refractivity contribution in [1.29, 1.82) is 0 Å². The number of aromatic nitrogens is 2. The van der Waals surface area contributed by atoms with E-state index in [0.29, 0.717) is 12.1 Å². The first-order valence-electron chi connectivity index (χ1n) is 6.10. The number of anilines is 1. The normalized spacial score (nSPS) is 17.1. The Labute approximate surface area is 106 Å². The molecule has 0 amide bonds. The number of aryl methyl sites for hydroxylation is 1. The number of hydrogen-bond acceptors (Lipinski definition) is 3. The lowest BCUT2D eigenvalue weighted by Gasteiger charge is -2.14. The van der Waals surface area contributed by atoms with Gasteiger partial charge in [-0.3, -0.25) is 0 Å². The zero-order valence-corrected chi connectivity index (χ0v) is 11.0. The fourth-order valence-electron chi connectivity index (χ4n) is 2.02. The molecule has 1 N–H and O–H groups in total. The molecule has 0 saturated heterocycles. The Morgan fingerprint density at radius 1 is 1.47 bits per heavy atom. The van der Waals surface area contributed by atoms with Gasteiger partial charge in [0.25, 0.3) is 0 Å². The lowest BCUT2D eigenvalue weighted by Crippen LogP contribution is -2.10. The summed E-state index contributed by atoms with van der Waals surface area (Å²) in [5, 5.41) is 3.50. The van der Waals surface area contributed by atoms with E-state index < -0.39 is 0 Å². The van der Waals surface area contributed by atoms with Crippen LogP contribution in [0, 0.1) is 6.92 Å². The largest absolute Gasteiger partial charge is 0.348 e. The molecule has 0 bridgehead atoms. The maximum absolute atomic E-state index is 4.41. The van der Waals surface area contributed by atoms with Gasteiger partial charge in [0.05, 0.1) is 6.04 Å². The van der Waals surface area contributed by atoms with Crippen LogP contribution in [0.2, 0.25) is 0 Å². The van der Waals surface area contributed by atoms with E-state index in [9.17, 15) is 0 Å². The van der Waals surface area contributed by atoms with E-state index in [4.69, 9.17) is 0 Å². The zero-order valence-electron chi connectivity index (χ0n) is 10.2.